The van der Waals surface area contributed by atoms with Crippen molar-refractivity contribution in [3.63, 3.8) is 0 Å². The number of halogens is 3. The maximum Gasteiger partial charge on any atom is 0.159 e. The first-order valence-corrected chi connectivity index (χ1v) is 6.08. The summed E-state index contributed by atoms with van der Waals surface area (Å²) < 4.78 is 38.9. The molecule has 0 fully saturated rings. The molecule has 2 aromatic rings. The minimum Gasteiger partial charge on any atom is -0.387 e. The van der Waals surface area contributed by atoms with Crippen LogP contribution in [0.1, 0.15) is 17.2 Å². The Morgan fingerprint density at radius 2 is 1.86 bits per heavy atom. The summed E-state index contributed by atoms with van der Waals surface area (Å²) in [6, 6.07) is 8.51. The summed E-state index contributed by atoms with van der Waals surface area (Å²) in [5.41, 5.74) is 0.634. The highest BCUT2D eigenvalue weighted by Gasteiger charge is 2.12. The van der Waals surface area contributed by atoms with Crippen LogP contribution in [0.15, 0.2) is 36.4 Å². The van der Waals surface area contributed by atoms with Crippen LogP contribution in [0.25, 0.3) is 0 Å². The largest absolute Gasteiger partial charge is 0.387 e. The van der Waals surface area contributed by atoms with E-state index >= 15 is 0 Å². The van der Waals surface area contributed by atoms with Crippen LogP contribution in [0.2, 0.25) is 0 Å². The predicted molar refractivity (Wildman–Crippen MR) is 70.9 cm³/mol. The van der Waals surface area contributed by atoms with E-state index in [0.717, 1.165) is 18.2 Å². The zero-order chi connectivity index (χ0) is 15.4. The molecule has 0 saturated heterocycles. The second-order valence-electron chi connectivity index (χ2n) is 4.37. The molecule has 0 aromatic heterocycles. The Morgan fingerprint density at radius 3 is 2.52 bits per heavy atom. The number of nitrogens with one attached hydrogen (secondary N) is 1. The number of nitriles is 1. The highest BCUT2D eigenvalue weighted by molar-refractivity contribution is 5.57. The lowest BCUT2D eigenvalue weighted by Gasteiger charge is -2.14. The Morgan fingerprint density at radius 1 is 1.10 bits per heavy atom. The van der Waals surface area contributed by atoms with E-state index in [9.17, 15) is 18.3 Å². The molecule has 0 aliphatic heterocycles. The Labute approximate surface area is 119 Å². The van der Waals surface area contributed by atoms with Crippen molar-refractivity contribution in [3.8, 4) is 6.07 Å². The van der Waals surface area contributed by atoms with Crippen LogP contribution in [0, 0.1) is 28.8 Å². The lowest BCUT2D eigenvalue weighted by atomic mass is 10.1. The number of aliphatic hydroxyl groups excluding tert-OH is 1. The van der Waals surface area contributed by atoms with Crippen LogP contribution in [-0.4, -0.2) is 11.7 Å². The van der Waals surface area contributed by atoms with Crippen molar-refractivity contribution >= 4 is 5.69 Å². The monoisotopic (exact) mass is 292 g/mol. The van der Waals surface area contributed by atoms with Gasteiger partial charge in [-0.2, -0.15) is 5.26 Å². The van der Waals surface area contributed by atoms with Crippen LogP contribution < -0.4 is 5.32 Å². The standard InChI is InChI=1S/C15H11F3N2O/c16-11-2-4-14(10(5-11)7-19)20-8-15(21)9-1-3-12(17)13(18)6-9/h1-6,15,20-21H,8H2. The summed E-state index contributed by atoms with van der Waals surface area (Å²) in [7, 11) is 0. The summed E-state index contributed by atoms with van der Waals surface area (Å²) in [6.07, 6.45) is -1.10. The van der Waals surface area contributed by atoms with Crippen molar-refractivity contribution < 1.29 is 18.3 Å². The fraction of sp³-hybridized carbons (Fsp3) is 0.133. The molecule has 0 bridgehead atoms. The number of hydrogen-bond donors (Lipinski definition) is 2. The van der Waals surface area contributed by atoms with Gasteiger partial charge < -0.3 is 10.4 Å². The van der Waals surface area contributed by atoms with E-state index in [1.54, 1.807) is 0 Å². The van der Waals surface area contributed by atoms with Crippen molar-refractivity contribution in [2.45, 2.75) is 6.10 Å². The zero-order valence-electron chi connectivity index (χ0n) is 10.8. The predicted octanol–water partition coefficient (Wildman–Crippen LogP) is 3.12. The van der Waals surface area contributed by atoms with Crippen molar-refractivity contribution in [1.29, 1.82) is 5.26 Å². The van der Waals surface area contributed by atoms with Gasteiger partial charge in [0.05, 0.1) is 17.4 Å². The fourth-order valence-electron chi connectivity index (χ4n) is 1.81. The third-order valence-electron chi connectivity index (χ3n) is 2.92. The van der Waals surface area contributed by atoms with Crippen LogP contribution in [0.3, 0.4) is 0 Å². The number of hydrogen-bond acceptors (Lipinski definition) is 3. The summed E-state index contributed by atoms with van der Waals surface area (Å²) in [5.74, 6) is -2.59. The van der Waals surface area contributed by atoms with Crippen molar-refractivity contribution in [2.24, 2.45) is 0 Å². The van der Waals surface area contributed by atoms with E-state index in [2.05, 4.69) is 5.32 Å². The average molecular weight is 292 g/mol. The minimum atomic E-state index is -1.10. The maximum atomic E-state index is 13.1. The average Bonchev–Trinajstić information content (AvgIpc) is 2.48. The molecule has 1 unspecified atom stereocenters. The van der Waals surface area contributed by atoms with Gasteiger partial charge in [-0.15, -0.1) is 0 Å². The molecule has 3 nitrogen and oxygen atoms in total. The lowest BCUT2D eigenvalue weighted by Crippen LogP contribution is -2.13. The molecular formula is C15H11F3N2O. The van der Waals surface area contributed by atoms with E-state index in [1.165, 1.54) is 18.2 Å². The first-order chi connectivity index (χ1) is 10.0. The quantitative estimate of drug-likeness (QED) is 0.910. The van der Waals surface area contributed by atoms with Gasteiger partial charge in [0.15, 0.2) is 11.6 Å². The second-order valence-corrected chi connectivity index (χ2v) is 4.37. The van der Waals surface area contributed by atoms with Crippen LogP contribution in [0.4, 0.5) is 18.9 Å². The molecule has 0 heterocycles. The number of benzene rings is 2. The number of anilines is 1. The third kappa shape index (κ3) is 3.52. The van der Waals surface area contributed by atoms with Crippen molar-refractivity contribution in [3.05, 3.63) is 65.0 Å². The van der Waals surface area contributed by atoms with Crippen molar-refractivity contribution in [2.75, 3.05) is 11.9 Å². The SMILES string of the molecule is N#Cc1cc(F)ccc1NCC(O)c1ccc(F)c(F)c1. The number of aliphatic hydroxyl groups is 1. The van der Waals surface area contributed by atoms with Gasteiger partial charge in [-0.3, -0.25) is 0 Å². The van der Waals surface area contributed by atoms with Gasteiger partial charge in [0.25, 0.3) is 0 Å². The van der Waals surface area contributed by atoms with Gasteiger partial charge in [0, 0.05) is 6.54 Å². The molecule has 0 aliphatic rings. The zero-order valence-corrected chi connectivity index (χ0v) is 10.8. The molecule has 0 amide bonds. The molecule has 0 radical (unpaired) electrons. The first kappa shape index (κ1) is 14.9. The van der Waals surface area contributed by atoms with Crippen LogP contribution >= 0.6 is 0 Å². The first-order valence-electron chi connectivity index (χ1n) is 6.08. The molecule has 108 valence electrons. The van der Waals surface area contributed by atoms with Gasteiger partial charge in [0.2, 0.25) is 0 Å². The van der Waals surface area contributed by atoms with Crippen molar-refractivity contribution in [1.82, 2.24) is 0 Å². The second kappa shape index (κ2) is 6.29. The summed E-state index contributed by atoms with van der Waals surface area (Å²) in [4.78, 5) is 0. The molecule has 6 heteroatoms. The normalized spacial score (nSPS) is 11.8. The van der Waals surface area contributed by atoms with Gasteiger partial charge in [-0.05, 0) is 35.9 Å². The van der Waals surface area contributed by atoms with Gasteiger partial charge in [-0.1, -0.05) is 6.07 Å². The molecular weight excluding hydrogens is 281 g/mol. The van der Waals surface area contributed by atoms with E-state index in [0.29, 0.717) is 5.69 Å². The Bertz CT molecular complexity index is 698. The highest BCUT2D eigenvalue weighted by atomic mass is 19.2. The topological polar surface area (TPSA) is 56.0 Å². The summed E-state index contributed by atoms with van der Waals surface area (Å²) in [6.45, 7) is -0.0363. The van der Waals surface area contributed by atoms with Gasteiger partial charge in [0.1, 0.15) is 11.9 Å². The Hall–Kier alpha value is -2.52. The molecule has 21 heavy (non-hydrogen) atoms. The maximum absolute atomic E-state index is 13.1. The smallest absolute Gasteiger partial charge is 0.159 e. The fourth-order valence-corrected chi connectivity index (χ4v) is 1.81. The number of nitrogens with zero attached hydrogens (tertiary/aromatic N) is 1. The van der Waals surface area contributed by atoms with E-state index in [-0.39, 0.29) is 17.7 Å². The number of rotatable bonds is 4. The van der Waals surface area contributed by atoms with E-state index < -0.39 is 23.6 Å². The molecule has 2 rings (SSSR count). The van der Waals surface area contributed by atoms with Crippen LogP contribution in [-0.2, 0) is 0 Å². The molecule has 0 aliphatic carbocycles. The molecule has 0 saturated carbocycles. The molecule has 2 N–H and O–H groups in total. The lowest BCUT2D eigenvalue weighted by molar-refractivity contribution is 0.191. The van der Waals surface area contributed by atoms with Gasteiger partial charge >= 0.3 is 0 Å². The third-order valence-corrected chi connectivity index (χ3v) is 2.92. The summed E-state index contributed by atoms with van der Waals surface area (Å²) >= 11 is 0. The Kier molecular flexibility index (Phi) is 4.45. The molecule has 0 spiro atoms. The molecule has 1 atom stereocenters. The summed E-state index contributed by atoms with van der Waals surface area (Å²) in [5, 5.41) is 21.6. The minimum absolute atomic E-state index is 0.0363. The van der Waals surface area contributed by atoms with E-state index in [1.807, 2.05) is 6.07 Å². The Balaban J connectivity index is 2.09. The van der Waals surface area contributed by atoms with Gasteiger partial charge in [-0.25, -0.2) is 13.2 Å². The van der Waals surface area contributed by atoms with E-state index in [4.69, 9.17) is 5.26 Å². The molecule has 2 aromatic carbocycles. The van der Waals surface area contributed by atoms with Crippen LogP contribution in [0.5, 0.6) is 0 Å². The highest BCUT2D eigenvalue weighted by Crippen LogP contribution is 2.20.